The van der Waals surface area contributed by atoms with Gasteiger partial charge in [-0.05, 0) is 13.8 Å². The number of methoxy groups -OCH3 is 1. The molecular weight excluding hydrogens is 156 g/mol. The van der Waals surface area contributed by atoms with Gasteiger partial charge >= 0.3 is 5.56 Å². The van der Waals surface area contributed by atoms with Crippen LogP contribution >= 0.6 is 0 Å². The van der Waals surface area contributed by atoms with E-state index in [1.807, 2.05) is 13.8 Å². The van der Waals surface area contributed by atoms with Crippen molar-refractivity contribution >= 4 is 0 Å². The van der Waals surface area contributed by atoms with Gasteiger partial charge in [0.25, 0.3) is 0 Å². The van der Waals surface area contributed by atoms with Gasteiger partial charge in [-0.1, -0.05) is 0 Å². The molecule has 0 aliphatic carbocycles. The fraction of sp³-hybridized carbons (Fsp3) is 0.500. The quantitative estimate of drug-likeness (QED) is 0.657. The molecule has 0 bridgehead atoms. The first kappa shape index (κ1) is 8.77. The average Bonchev–Trinajstić information content (AvgIpc) is 2.04. The van der Waals surface area contributed by atoms with E-state index in [0.717, 1.165) is 0 Å². The molecule has 1 heterocycles. The largest absolute Gasteiger partial charge is 0.491 e. The van der Waals surface area contributed by atoms with Crippen molar-refractivity contribution in [3.05, 3.63) is 22.6 Å². The standard InChI is InChI=1S/C8H12N2O2/c1-6(2)10-8(11)7(12-3)4-5-9-10/h4-6H,1-3H3. The molecule has 0 amide bonds. The molecule has 0 aromatic carbocycles. The molecule has 0 unspecified atom stereocenters. The van der Waals surface area contributed by atoms with Crippen molar-refractivity contribution in [3.63, 3.8) is 0 Å². The van der Waals surface area contributed by atoms with E-state index < -0.39 is 0 Å². The lowest BCUT2D eigenvalue weighted by Crippen LogP contribution is -2.24. The third-order valence-corrected chi connectivity index (χ3v) is 1.54. The van der Waals surface area contributed by atoms with Crippen molar-refractivity contribution in [1.82, 2.24) is 9.78 Å². The van der Waals surface area contributed by atoms with Crippen LogP contribution in [-0.2, 0) is 0 Å². The van der Waals surface area contributed by atoms with E-state index in [-0.39, 0.29) is 11.6 Å². The van der Waals surface area contributed by atoms with Crippen molar-refractivity contribution in [2.75, 3.05) is 7.11 Å². The SMILES string of the molecule is COc1ccnn(C(C)C)c1=O. The van der Waals surface area contributed by atoms with Gasteiger partial charge in [0.2, 0.25) is 0 Å². The maximum Gasteiger partial charge on any atom is 0.309 e. The molecule has 1 aromatic heterocycles. The summed E-state index contributed by atoms with van der Waals surface area (Å²) in [5, 5.41) is 3.91. The third kappa shape index (κ3) is 1.47. The van der Waals surface area contributed by atoms with Gasteiger partial charge in [0.1, 0.15) is 0 Å². The summed E-state index contributed by atoms with van der Waals surface area (Å²) in [6.45, 7) is 3.79. The molecule has 0 aliphatic rings. The fourth-order valence-corrected chi connectivity index (χ4v) is 0.933. The van der Waals surface area contributed by atoms with Gasteiger partial charge in [0.05, 0.1) is 19.3 Å². The highest BCUT2D eigenvalue weighted by Crippen LogP contribution is 2.02. The zero-order valence-electron chi connectivity index (χ0n) is 7.44. The first-order valence-corrected chi connectivity index (χ1v) is 3.78. The number of aromatic nitrogens is 2. The minimum Gasteiger partial charge on any atom is -0.491 e. The van der Waals surface area contributed by atoms with Crippen LogP contribution in [0.5, 0.6) is 5.75 Å². The molecule has 0 N–H and O–H groups in total. The van der Waals surface area contributed by atoms with Crippen molar-refractivity contribution in [2.24, 2.45) is 0 Å². The number of ether oxygens (including phenoxy) is 1. The fourth-order valence-electron chi connectivity index (χ4n) is 0.933. The lowest BCUT2D eigenvalue weighted by atomic mass is 10.4. The summed E-state index contributed by atoms with van der Waals surface area (Å²) in [4.78, 5) is 11.4. The molecule has 0 aliphatic heterocycles. The average molecular weight is 168 g/mol. The zero-order chi connectivity index (χ0) is 9.14. The molecule has 0 radical (unpaired) electrons. The number of rotatable bonds is 2. The van der Waals surface area contributed by atoms with Gasteiger partial charge < -0.3 is 4.74 Å². The lowest BCUT2D eigenvalue weighted by Gasteiger charge is -2.08. The van der Waals surface area contributed by atoms with Gasteiger partial charge in [-0.25, -0.2) is 4.68 Å². The van der Waals surface area contributed by atoms with Gasteiger partial charge in [-0.3, -0.25) is 4.79 Å². The Balaban J connectivity index is 3.24. The lowest BCUT2D eigenvalue weighted by molar-refractivity contribution is 0.389. The van der Waals surface area contributed by atoms with Crippen LogP contribution in [-0.4, -0.2) is 16.9 Å². The second-order valence-corrected chi connectivity index (χ2v) is 2.74. The third-order valence-electron chi connectivity index (χ3n) is 1.54. The highest BCUT2D eigenvalue weighted by atomic mass is 16.5. The van der Waals surface area contributed by atoms with E-state index in [1.54, 1.807) is 12.3 Å². The molecule has 0 saturated carbocycles. The van der Waals surface area contributed by atoms with Crippen LogP contribution in [0.1, 0.15) is 19.9 Å². The summed E-state index contributed by atoms with van der Waals surface area (Å²) in [6.07, 6.45) is 1.56. The molecule has 0 saturated heterocycles. The second-order valence-electron chi connectivity index (χ2n) is 2.74. The van der Waals surface area contributed by atoms with Crippen LogP contribution in [0.25, 0.3) is 0 Å². The maximum absolute atomic E-state index is 11.4. The summed E-state index contributed by atoms with van der Waals surface area (Å²) in [5.41, 5.74) is -0.185. The molecule has 4 nitrogen and oxygen atoms in total. The Morgan fingerprint density at radius 1 is 1.58 bits per heavy atom. The van der Waals surface area contributed by atoms with E-state index in [1.165, 1.54) is 11.8 Å². The monoisotopic (exact) mass is 168 g/mol. The minimum atomic E-state index is -0.185. The highest BCUT2D eigenvalue weighted by molar-refractivity contribution is 5.14. The normalized spacial score (nSPS) is 10.3. The first-order chi connectivity index (χ1) is 5.66. The van der Waals surface area contributed by atoms with Gasteiger partial charge in [0, 0.05) is 6.07 Å². The first-order valence-electron chi connectivity index (χ1n) is 3.78. The number of nitrogens with zero attached hydrogens (tertiary/aromatic N) is 2. The van der Waals surface area contributed by atoms with Gasteiger partial charge in [0.15, 0.2) is 5.75 Å². The number of hydrogen-bond acceptors (Lipinski definition) is 3. The van der Waals surface area contributed by atoms with Crippen LogP contribution < -0.4 is 10.3 Å². The Kier molecular flexibility index (Phi) is 2.47. The molecular formula is C8H12N2O2. The van der Waals surface area contributed by atoms with Crippen molar-refractivity contribution < 1.29 is 4.74 Å². The summed E-state index contributed by atoms with van der Waals surface area (Å²) < 4.78 is 6.25. The van der Waals surface area contributed by atoms with Gasteiger partial charge in [-0.2, -0.15) is 5.10 Å². The Bertz CT molecular complexity index is 317. The van der Waals surface area contributed by atoms with Crippen molar-refractivity contribution in [3.8, 4) is 5.75 Å². The molecule has 0 fully saturated rings. The maximum atomic E-state index is 11.4. The van der Waals surface area contributed by atoms with Crippen molar-refractivity contribution in [1.29, 1.82) is 0 Å². The molecule has 1 aromatic rings. The second kappa shape index (κ2) is 3.38. The van der Waals surface area contributed by atoms with Crippen LogP contribution in [0, 0.1) is 0 Å². The van der Waals surface area contributed by atoms with Crippen LogP contribution in [0.4, 0.5) is 0 Å². The Morgan fingerprint density at radius 2 is 2.25 bits per heavy atom. The van der Waals surface area contributed by atoms with Crippen LogP contribution in [0.2, 0.25) is 0 Å². The predicted octanol–water partition coefficient (Wildman–Crippen LogP) is 0.833. The predicted molar refractivity (Wildman–Crippen MR) is 45.4 cm³/mol. The summed E-state index contributed by atoms with van der Waals surface area (Å²) in [5.74, 6) is 0.332. The van der Waals surface area contributed by atoms with E-state index in [0.29, 0.717) is 5.75 Å². The molecule has 0 atom stereocenters. The van der Waals surface area contributed by atoms with Crippen molar-refractivity contribution in [2.45, 2.75) is 19.9 Å². The van der Waals surface area contributed by atoms with Gasteiger partial charge in [-0.15, -0.1) is 0 Å². The topological polar surface area (TPSA) is 44.1 Å². The minimum absolute atomic E-state index is 0.0626. The Hall–Kier alpha value is -1.32. The number of hydrogen-bond donors (Lipinski definition) is 0. The summed E-state index contributed by atoms with van der Waals surface area (Å²) in [7, 11) is 1.47. The molecule has 0 spiro atoms. The zero-order valence-corrected chi connectivity index (χ0v) is 7.44. The van der Waals surface area contributed by atoms with Crippen LogP contribution in [0.3, 0.4) is 0 Å². The van der Waals surface area contributed by atoms with E-state index in [9.17, 15) is 4.79 Å². The molecule has 1 rings (SSSR count). The van der Waals surface area contributed by atoms with E-state index >= 15 is 0 Å². The molecule has 66 valence electrons. The Morgan fingerprint density at radius 3 is 2.75 bits per heavy atom. The van der Waals surface area contributed by atoms with E-state index in [4.69, 9.17) is 4.74 Å². The molecule has 12 heavy (non-hydrogen) atoms. The molecule has 4 heteroatoms. The highest BCUT2D eigenvalue weighted by Gasteiger charge is 2.05. The summed E-state index contributed by atoms with van der Waals surface area (Å²) in [6, 6.07) is 1.62. The summed E-state index contributed by atoms with van der Waals surface area (Å²) >= 11 is 0. The van der Waals surface area contributed by atoms with E-state index in [2.05, 4.69) is 5.10 Å². The smallest absolute Gasteiger partial charge is 0.309 e. The van der Waals surface area contributed by atoms with Crippen LogP contribution in [0.15, 0.2) is 17.1 Å². The Labute approximate surface area is 70.8 Å².